The van der Waals surface area contributed by atoms with Crippen LogP contribution in [0.4, 0.5) is 11.4 Å². The van der Waals surface area contributed by atoms with Crippen molar-refractivity contribution in [1.29, 1.82) is 0 Å². The Balaban J connectivity index is 1.69. The quantitative estimate of drug-likeness (QED) is 0.459. The van der Waals surface area contributed by atoms with E-state index in [9.17, 15) is 24.8 Å². The molecule has 10 nitrogen and oxygen atoms in total. The molecule has 2 atom stereocenters. The summed E-state index contributed by atoms with van der Waals surface area (Å²) in [6.07, 6.45) is -0.509. The fourth-order valence-corrected chi connectivity index (χ4v) is 3.59. The number of hydrogen-bond donors (Lipinski definition) is 3. The largest absolute Gasteiger partial charge is 0.391 e. The molecular formula is C18H25N5O5. The van der Waals surface area contributed by atoms with Crippen LogP contribution in [0.5, 0.6) is 0 Å². The normalized spacial score (nSPS) is 22.2. The van der Waals surface area contributed by atoms with Crippen molar-refractivity contribution in [3.63, 3.8) is 0 Å². The van der Waals surface area contributed by atoms with Gasteiger partial charge in [-0.15, -0.1) is 0 Å². The maximum absolute atomic E-state index is 12.4. The van der Waals surface area contributed by atoms with E-state index in [1.54, 1.807) is 17.0 Å². The molecule has 2 unspecified atom stereocenters. The number of aliphatic hydroxyl groups excluding tert-OH is 1. The number of nitrogens with one attached hydrogen (secondary N) is 2. The van der Waals surface area contributed by atoms with Crippen molar-refractivity contribution >= 4 is 23.2 Å². The topological polar surface area (TPSA) is 128 Å². The third-order valence-corrected chi connectivity index (χ3v) is 5.33. The Morgan fingerprint density at radius 2 is 2.00 bits per heavy atom. The molecule has 0 aromatic heterocycles. The Morgan fingerprint density at radius 3 is 2.57 bits per heavy atom. The number of nitro groups is 1. The van der Waals surface area contributed by atoms with Crippen molar-refractivity contribution in [2.24, 2.45) is 5.92 Å². The van der Waals surface area contributed by atoms with E-state index < -0.39 is 16.9 Å². The minimum absolute atomic E-state index is 0.0104. The first-order chi connectivity index (χ1) is 13.4. The smallest absolute Gasteiger partial charge is 0.293 e. The van der Waals surface area contributed by atoms with Crippen molar-refractivity contribution < 1.29 is 19.6 Å². The van der Waals surface area contributed by atoms with Gasteiger partial charge in [-0.05, 0) is 12.1 Å². The van der Waals surface area contributed by atoms with Crippen LogP contribution in [0.25, 0.3) is 0 Å². The summed E-state index contributed by atoms with van der Waals surface area (Å²) in [4.78, 5) is 38.5. The Bertz CT molecular complexity index is 763. The number of amides is 2. The molecule has 1 aromatic rings. The van der Waals surface area contributed by atoms with Crippen LogP contribution in [0.2, 0.25) is 0 Å². The highest BCUT2D eigenvalue weighted by molar-refractivity contribution is 5.95. The molecule has 0 spiro atoms. The van der Waals surface area contributed by atoms with Crippen molar-refractivity contribution in [3.8, 4) is 0 Å². The van der Waals surface area contributed by atoms with E-state index in [4.69, 9.17) is 0 Å². The van der Waals surface area contributed by atoms with E-state index in [0.29, 0.717) is 51.5 Å². The van der Waals surface area contributed by atoms with Crippen LogP contribution in [-0.2, 0) is 4.79 Å². The minimum Gasteiger partial charge on any atom is -0.391 e. The number of carbonyl (C=O) groups is 2. The summed E-state index contributed by atoms with van der Waals surface area (Å²) in [6, 6.07) is 4.44. The second kappa shape index (κ2) is 8.53. The van der Waals surface area contributed by atoms with E-state index in [1.165, 1.54) is 13.0 Å². The van der Waals surface area contributed by atoms with Gasteiger partial charge in [-0.3, -0.25) is 19.7 Å². The average molecular weight is 391 g/mol. The van der Waals surface area contributed by atoms with Crippen LogP contribution >= 0.6 is 0 Å². The molecule has 2 aliphatic heterocycles. The number of benzene rings is 1. The molecule has 2 aliphatic rings. The highest BCUT2D eigenvalue weighted by atomic mass is 16.6. The second-order valence-corrected chi connectivity index (χ2v) is 7.15. The molecule has 10 heteroatoms. The van der Waals surface area contributed by atoms with Gasteiger partial charge in [0.2, 0.25) is 5.91 Å². The molecular weight excluding hydrogens is 366 g/mol. The lowest BCUT2D eigenvalue weighted by atomic mass is 10.1. The van der Waals surface area contributed by atoms with Crippen LogP contribution in [0.1, 0.15) is 17.3 Å². The number of nitro benzene ring substituents is 1. The molecule has 0 radical (unpaired) electrons. The molecule has 0 saturated carbocycles. The number of aliphatic hydroxyl groups is 1. The van der Waals surface area contributed by atoms with E-state index in [2.05, 4.69) is 10.6 Å². The monoisotopic (exact) mass is 391 g/mol. The van der Waals surface area contributed by atoms with Gasteiger partial charge in [-0.1, -0.05) is 0 Å². The molecule has 2 heterocycles. The van der Waals surface area contributed by atoms with Crippen molar-refractivity contribution in [1.82, 2.24) is 15.5 Å². The van der Waals surface area contributed by atoms with Crippen molar-refractivity contribution in [2.45, 2.75) is 13.0 Å². The third-order valence-electron chi connectivity index (χ3n) is 5.33. The zero-order chi connectivity index (χ0) is 20.3. The van der Waals surface area contributed by atoms with Gasteiger partial charge < -0.3 is 25.5 Å². The number of nitrogens with zero attached hydrogens (tertiary/aromatic N) is 3. The van der Waals surface area contributed by atoms with Gasteiger partial charge in [0.25, 0.3) is 11.6 Å². The van der Waals surface area contributed by atoms with Crippen LogP contribution in [-0.4, -0.2) is 78.7 Å². The highest BCUT2D eigenvalue weighted by Gasteiger charge is 2.27. The molecule has 28 heavy (non-hydrogen) atoms. The van der Waals surface area contributed by atoms with Gasteiger partial charge in [0.15, 0.2) is 0 Å². The van der Waals surface area contributed by atoms with E-state index in [0.717, 1.165) is 0 Å². The fourth-order valence-electron chi connectivity index (χ4n) is 3.59. The van der Waals surface area contributed by atoms with Crippen LogP contribution in [0.3, 0.4) is 0 Å². The predicted molar refractivity (Wildman–Crippen MR) is 102 cm³/mol. The van der Waals surface area contributed by atoms with Crippen LogP contribution in [0, 0.1) is 16.0 Å². The third kappa shape index (κ3) is 4.39. The zero-order valence-electron chi connectivity index (χ0n) is 15.8. The Hall–Kier alpha value is -2.72. The number of piperazine rings is 1. The van der Waals surface area contributed by atoms with Gasteiger partial charge in [0.1, 0.15) is 5.69 Å². The lowest BCUT2D eigenvalue weighted by Gasteiger charge is -2.35. The van der Waals surface area contributed by atoms with Crippen LogP contribution < -0.4 is 15.5 Å². The zero-order valence-corrected chi connectivity index (χ0v) is 15.8. The summed E-state index contributed by atoms with van der Waals surface area (Å²) in [6.45, 7) is 4.93. The molecule has 3 N–H and O–H groups in total. The maximum atomic E-state index is 12.4. The summed E-state index contributed by atoms with van der Waals surface area (Å²) in [5, 5.41) is 27.1. The standard InChI is InChI=1S/C18H25N5O5/c1-12(24)21-4-6-22(7-5-21)15-3-2-13(8-16(15)23(27)28)18(26)20-10-14-9-19-11-17(14)25/h2-3,8,14,17,19,25H,4-7,9-11H2,1H3,(H,20,26). The first kappa shape index (κ1) is 20.0. The van der Waals surface area contributed by atoms with Gasteiger partial charge in [0, 0.05) is 70.3 Å². The lowest BCUT2D eigenvalue weighted by molar-refractivity contribution is -0.384. The van der Waals surface area contributed by atoms with Gasteiger partial charge in [0.05, 0.1) is 11.0 Å². The summed E-state index contributed by atoms with van der Waals surface area (Å²) in [5.74, 6) is -0.491. The summed E-state index contributed by atoms with van der Waals surface area (Å²) < 4.78 is 0. The first-order valence-corrected chi connectivity index (χ1v) is 9.32. The molecule has 1 aromatic carbocycles. The van der Waals surface area contributed by atoms with Crippen molar-refractivity contribution in [3.05, 3.63) is 33.9 Å². The number of anilines is 1. The summed E-state index contributed by atoms with van der Waals surface area (Å²) in [7, 11) is 0. The molecule has 152 valence electrons. The van der Waals surface area contributed by atoms with E-state index >= 15 is 0 Å². The predicted octanol–water partition coefficient (Wildman–Crippen LogP) is -0.427. The summed E-state index contributed by atoms with van der Waals surface area (Å²) in [5.41, 5.74) is 0.518. The van der Waals surface area contributed by atoms with E-state index in [1.807, 2.05) is 4.90 Å². The first-order valence-electron chi connectivity index (χ1n) is 9.32. The fraction of sp³-hybridized carbons (Fsp3) is 0.556. The maximum Gasteiger partial charge on any atom is 0.293 e. The summed E-state index contributed by atoms with van der Waals surface area (Å²) >= 11 is 0. The minimum atomic E-state index is -0.509. The number of carbonyl (C=O) groups excluding carboxylic acids is 2. The molecule has 2 saturated heterocycles. The molecule has 0 bridgehead atoms. The van der Waals surface area contributed by atoms with E-state index in [-0.39, 0.29) is 23.1 Å². The van der Waals surface area contributed by atoms with Crippen molar-refractivity contribution in [2.75, 3.05) is 50.7 Å². The van der Waals surface area contributed by atoms with Gasteiger partial charge >= 0.3 is 0 Å². The number of β-amino-alcohol motifs (C(OH)–C–C–N with tert-alkyl or cyclic N) is 1. The molecule has 0 aliphatic carbocycles. The average Bonchev–Trinajstić information content (AvgIpc) is 3.10. The van der Waals surface area contributed by atoms with Gasteiger partial charge in [-0.25, -0.2) is 0 Å². The van der Waals surface area contributed by atoms with Crippen LogP contribution in [0.15, 0.2) is 18.2 Å². The van der Waals surface area contributed by atoms with Gasteiger partial charge in [-0.2, -0.15) is 0 Å². The lowest BCUT2D eigenvalue weighted by Crippen LogP contribution is -2.48. The number of rotatable bonds is 5. The second-order valence-electron chi connectivity index (χ2n) is 7.15. The SMILES string of the molecule is CC(=O)N1CCN(c2ccc(C(=O)NCC3CNCC3O)cc2[N+](=O)[O-])CC1. The Morgan fingerprint density at radius 1 is 1.29 bits per heavy atom. The molecule has 3 rings (SSSR count). The Labute approximate surface area is 162 Å². The molecule has 2 amide bonds. The molecule has 2 fully saturated rings. The Kier molecular flexibility index (Phi) is 6.10. The highest BCUT2D eigenvalue weighted by Crippen LogP contribution is 2.30. The number of hydrogen-bond acceptors (Lipinski definition) is 7.